The second kappa shape index (κ2) is 6.43. The van der Waals surface area contributed by atoms with Crippen molar-refractivity contribution in [1.29, 1.82) is 0 Å². The molecule has 5 heteroatoms. The molecule has 2 amide bonds. The highest BCUT2D eigenvalue weighted by Crippen LogP contribution is 2.27. The zero-order valence-electron chi connectivity index (χ0n) is 14.9. The van der Waals surface area contributed by atoms with Crippen molar-refractivity contribution in [3.05, 3.63) is 78.1 Å². The van der Waals surface area contributed by atoms with Crippen molar-refractivity contribution < 1.29 is 4.79 Å². The Morgan fingerprint density at radius 3 is 2.70 bits per heavy atom. The fraction of sp³-hybridized carbons (Fsp3) is 0.182. The van der Waals surface area contributed by atoms with Gasteiger partial charge in [-0.1, -0.05) is 54.6 Å². The minimum Gasteiger partial charge on any atom is -0.342 e. The van der Waals surface area contributed by atoms with E-state index in [1.165, 1.54) is 10.8 Å². The molecule has 134 valence electrons. The first kappa shape index (κ1) is 15.9. The lowest BCUT2D eigenvalue weighted by atomic mass is 10.00. The quantitative estimate of drug-likeness (QED) is 0.582. The lowest BCUT2D eigenvalue weighted by Gasteiger charge is -2.38. The van der Waals surface area contributed by atoms with E-state index in [1.807, 2.05) is 47.4 Å². The van der Waals surface area contributed by atoms with Crippen LogP contribution in [0.3, 0.4) is 0 Å². The molecule has 0 radical (unpaired) electrons. The fourth-order valence-corrected chi connectivity index (χ4v) is 3.71. The van der Waals surface area contributed by atoms with Crippen LogP contribution in [0.1, 0.15) is 17.3 Å². The number of fused-ring (bicyclic) bond motifs is 2. The van der Waals surface area contributed by atoms with Crippen LogP contribution in [0.15, 0.2) is 66.7 Å². The lowest BCUT2D eigenvalue weighted by Crippen LogP contribution is -2.52. The van der Waals surface area contributed by atoms with Crippen molar-refractivity contribution in [3.63, 3.8) is 0 Å². The highest BCUT2D eigenvalue weighted by atomic mass is 16.2. The first-order chi connectivity index (χ1) is 13.3. The number of para-hydroxylation sites is 2. The number of hydrogen-bond acceptors (Lipinski definition) is 2. The average molecular weight is 356 g/mol. The van der Waals surface area contributed by atoms with Crippen molar-refractivity contribution in [2.45, 2.75) is 12.5 Å². The standard InChI is InChI=1S/C22H20N4O/c27-22(23-12-16-8-5-7-15-6-1-2-9-18(15)16)26-13-17(14-26)21-24-19-10-3-4-11-20(19)25-21/h1-11,17H,12-14H2,(H,23,27)(H,24,25). The summed E-state index contributed by atoms with van der Waals surface area (Å²) in [6, 6.07) is 22.4. The van der Waals surface area contributed by atoms with E-state index >= 15 is 0 Å². The second-order valence-corrected chi connectivity index (χ2v) is 7.04. The van der Waals surface area contributed by atoms with Crippen LogP contribution in [0, 0.1) is 0 Å². The number of H-pyrrole nitrogens is 1. The number of carbonyl (C=O) groups is 1. The van der Waals surface area contributed by atoms with E-state index in [-0.39, 0.29) is 11.9 Å². The van der Waals surface area contributed by atoms with Crippen molar-refractivity contribution in [2.24, 2.45) is 0 Å². The second-order valence-electron chi connectivity index (χ2n) is 7.04. The number of nitrogens with zero attached hydrogens (tertiary/aromatic N) is 2. The van der Waals surface area contributed by atoms with E-state index in [4.69, 9.17) is 0 Å². The van der Waals surface area contributed by atoms with Crippen molar-refractivity contribution in [1.82, 2.24) is 20.2 Å². The van der Waals surface area contributed by atoms with Crippen LogP contribution in [0.5, 0.6) is 0 Å². The molecule has 0 unspecified atom stereocenters. The smallest absolute Gasteiger partial charge is 0.317 e. The predicted molar refractivity (Wildman–Crippen MR) is 107 cm³/mol. The number of urea groups is 1. The third-order valence-electron chi connectivity index (χ3n) is 5.27. The molecule has 27 heavy (non-hydrogen) atoms. The van der Waals surface area contributed by atoms with Crippen molar-refractivity contribution in [3.8, 4) is 0 Å². The van der Waals surface area contributed by atoms with Crippen LogP contribution >= 0.6 is 0 Å². The number of carbonyl (C=O) groups excluding carboxylic acids is 1. The van der Waals surface area contributed by atoms with Gasteiger partial charge in [0, 0.05) is 19.6 Å². The summed E-state index contributed by atoms with van der Waals surface area (Å²) in [5, 5.41) is 5.43. The molecule has 1 aliphatic heterocycles. The summed E-state index contributed by atoms with van der Waals surface area (Å²) in [7, 11) is 0. The van der Waals surface area contributed by atoms with Crippen LogP contribution in [0.4, 0.5) is 4.79 Å². The Bertz CT molecular complexity index is 1090. The van der Waals surface area contributed by atoms with Gasteiger partial charge in [-0.25, -0.2) is 9.78 Å². The van der Waals surface area contributed by atoms with E-state index in [2.05, 4.69) is 39.6 Å². The number of aromatic nitrogens is 2. The summed E-state index contributed by atoms with van der Waals surface area (Å²) in [6.07, 6.45) is 0. The molecule has 0 aliphatic carbocycles. The zero-order valence-corrected chi connectivity index (χ0v) is 14.9. The summed E-state index contributed by atoms with van der Waals surface area (Å²) < 4.78 is 0. The van der Waals surface area contributed by atoms with Gasteiger partial charge in [0.15, 0.2) is 0 Å². The van der Waals surface area contributed by atoms with Gasteiger partial charge in [-0.05, 0) is 28.5 Å². The Morgan fingerprint density at radius 1 is 1.04 bits per heavy atom. The Balaban J connectivity index is 1.21. The molecule has 0 saturated carbocycles. The number of imidazole rings is 1. The molecular weight excluding hydrogens is 336 g/mol. The van der Waals surface area contributed by atoms with E-state index < -0.39 is 0 Å². The minimum atomic E-state index is -0.0182. The molecular formula is C22H20N4O. The summed E-state index contributed by atoms with van der Waals surface area (Å²) in [5.74, 6) is 1.25. The number of likely N-dealkylation sites (tertiary alicyclic amines) is 1. The number of hydrogen-bond donors (Lipinski definition) is 2. The first-order valence-electron chi connectivity index (χ1n) is 9.22. The third-order valence-corrected chi connectivity index (χ3v) is 5.27. The molecule has 1 saturated heterocycles. The largest absolute Gasteiger partial charge is 0.342 e. The van der Waals surface area contributed by atoms with Gasteiger partial charge in [-0.15, -0.1) is 0 Å². The van der Waals surface area contributed by atoms with Crippen LogP contribution < -0.4 is 5.32 Å². The number of rotatable bonds is 3. The van der Waals surface area contributed by atoms with Gasteiger partial charge in [0.05, 0.1) is 17.0 Å². The van der Waals surface area contributed by atoms with Gasteiger partial charge >= 0.3 is 6.03 Å². The Morgan fingerprint density at radius 2 is 1.81 bits per heavy atom. The maximum atomic E-state index is 12.5. The summed E-state index contributed by atoms with van der Waals surface area (Å²) in [4.78, 5) is 22.3. The minimum absolute atomic E-state index is 0.0182. The number of amides is 2. The van der Waals surface area contributed by atoms with Gasteiger partial charge in [-0.3, -0.25) is 0 Å². The van der Waals surface area contributed by atoms with Crippen LogP contribution in [-0.2, 0) is 6.54 Å². The molecule has 5 rings (SSSR count). The predicted octanol–water partition coefficient (Wildman–Crippen LogP) is 4.03. The fourth-order valence-electron chi connectivity index (χ4n) is 3.71. The van der Waals surface area contributed by atoms with Crippen LogP contribution in [0.2, 0.25) is 0 Å². The maximum Gasteiger partial charge on any atom is 0.317 e. The molecule has 1 fully saturated rings. The summed E-state index contributed by atoms with van der Waals surface area (Å²) in [6.45, 7) is 1.92. The van der Waals surface area contributed by atoms with E-state index in [0.29, 0.717) is 19.6 Å². The maximum absolute atomic E-state index is 12.5. The van der Waals surface area contributed by atoms with Crippen molar-refractivity contribution >= 4 is 27.8 Å². The van der Waals surface area contributed by atoms with Crippen LogP contribution in [-0.4, -0.2) is 34.0 Å². The van der Waals surface area contributed by atoms with Crippen LogP contribution in [0.25, 0.3) is 21.8 Å². The van der Waals surface area contributed by atoms with Gasteiger partial charge in [0.2, 0.25) is 0 Å². The van der Waals surface area contributed by atoms with Gasteiger partial charge in [0.1, 0.15) is 5.82 Å². The Hall–Kier alpha value is -3.34. The lowest BCUT2D eigenvalue weighted by molar-refractivity contribution is 0.148. The van der Waals surface area contributed by atoms with Crippen molar-refractivity contribution in [2.75, 3.05) is 13.1 Å². The van der Waals surface area contributed by atoms with Gasteiger partial charge < -0.3 is 15.2 Å². The summed E-state index contributed by atoms with van der Waals surface area (Å²) in [5.41, 5.74) is 3.16. The number of aromatic amines is 1. The van der Waals surface area contributed by atoms with E-state index in [9.17, 15) is 4.79 Å². The highest BCUT2D eigenvalue weighted by Gasteiger charge is 2.33. The number of nitrogens with one attached hydrogen (secondary N) is 2. The average Bonchev–Trinajstić information content (AvgIpc) is 3.08. The van der Waals surface area contributed by atoms with Gasteiger partial charge in [-0.2, -0.15) is 0 Å². The summed E-state index contributed by atoms with van der Waals surface area (Å²) >= 11 is 0. The SMILES string of the molecule is O=C(NCc1cccc2ccccc12)N1CC(c2nc3ccccc3[nH]2)C1. The van der Waals surface area contributed by atoms with E-state index in [1.54, 1.807) is 0 Å². The normalized spacial score (nSPS) is 14.4. The molecule has 5 nitrogen and oxygen atoms in total. The highest BCUT2D eigenvalue weighted by molar-refractivity contribution is 5.86. The topological polar surface area (TPSA) is 61.0 Å². The molecule has 0 spiro atoms. The molecule has 3 aromatic carbocycles. The number of benzene rings is 3. The first-order valence-corrected chi connectivity index (χ1v) is 9.22. The zero-order chi connectivity index (χ0) is 18.2. The molecule has 2 N–H and O–H groups in total. The molecule has 1 aromatic heterocycles. The molecule has 1 aliphatic rings. The molecule has 0 atom stereocenters. The Labute approximate surface area is 157 Å². The molecule has 4 aromatic rings. The molecule has 0 bridgehead atoms. The van der Waals surface area contributed by atoms with Gasteiger partial charge in [0.25, 0.3) is 0 Å². The Kier molecular flexibility index (Phi) is 3.78. The third kappa shape index (κ3) is 2.91. The van der Waals surface area contributed by atoms with E-state index in [0.717, 1.165) is 22.4 Å². The molecule has 2 heterocycles. The monoisotopic (exact) mass is 356 g/mol.